The molecule has 5 heteroatoms. The van der Waals surface area contributed by atoms with E-state index in [1.54, 1.807) is 0 Å². The molecular weight excluding hydrogens is 326 g/mol. The Morgan fingerprint density at radius 1 is 0.923 bits per heavy atom. The highest BCUT2D eigenvalue weighted by atomic mass is 16.7. The molecule has 0 bridgehead atoms. The molecule has 1 N–H and O–H groups in total. The third kappa shape index (κ3) is 2.54. The zero-order valence-electron chi connectivity index (χ0n) is 14.1. The molecule has 0 saturated carbocycles. The second-order valence-electron chi connectivity index (χ2n) is 6.15. The van der Waals surface area contributed by atoms with Gasteiger partial charge in [0.05, 0.1) is 0 Å². The minimum atomic E-state index is 0.267. The number of imidazole rings is 1. The highest BCUT2D eigenvalue weighted by molar-refractivity contribution is 5.78. The number of fused-ring (bicyclic) bond motifs is 2. The Hall–Kier alpha value is -3.47. The van der Waals surface area contributed by atoms with Crippen molar-refractivity contribution in [2.75, 3.05) is 12.1 Å². The van der Waals surface area contributed by atoms with Crippen LogP contribution in [0.4, 0.5) is 5.82 Å². The van der Waals surface area contributed by atoms with Crippen LogP contribution in [0.15, 0.2) is 72.9 Å². The predicted octanol–water partition coefficient (Wildman–Crippen LogP) is 4.34. The largest absolute Gasteiger partial charge is 0.454 e. The summed E-state index contributed by atoms with van der Waals surface area (Å²) in [6.45, 7) is 0.990. The first-order chi connectivity index (χ1) is 12.9. The van der Waals surface area contributed by atoms with E-state index in [1.807, 2.05) is 60.8 Å². The van der Waals surface area contributed by atoms with E-state index in [0.29, 0.717) is 0 Å². The van der Waals surface area contributed by atoms with Gasteiger partial charge in [-0.1, -0.05) is 36.4 Å². The van der Waals surface area contributed by atoms with Crippen molar-refractivity contribution in [3.8, 4) is 22.8 Å². The van der Waals surface area contributed by atoms with E-state index >= 15 is 0 Å². The molecular formula is C21H17N3O2. The fourth-order valence-corrected chi connectivity index (χ4v) is 3.19. The first kappa shape index (κ1) is 14.8. The standard InChI is InChI=1S/C21H17N3O2/c1-2-6-15(7-3-1)13-22-21-20(23-19-8-4-5-11-24(19)21)16-9-10-17-18(12-16)26-14-25-17/h1-12,22H,13-14H2. The van der Waals surface area contributed by atoms with E-state index in [4.69, 9.17) is 14.5 Å². The van der Waals surface area contributed by atoms with E-state index in [9.17, 15) is 0 Å². The van der Waals surface area contributed by atoms with Crippen LogP contribution in [0.2, 0.25) is 0 Å². The summed E-state index contributed by atoms with van der Waals surface area (Å²) in [6, 6.07) is 22.3. The van der Waals surface area contributed by atoms with Crippen molar-refractivity contribution in [1.82, 2.24) is 9.38 Å². The molecule has 0 unspecified atom stereocenters. The number of rotatable bonds is 4. The zero-order chi connectivity index (χ0) is 17.3. The Kier molecular flexibility index (Phi) is 3.49. The van der Waals surface area contributed by atoms with Crippen LogP contribution in [0.1, 0.15) is 5.56 Å². The number of pyridine rings is 1. The maximum absolute atomic E-state index is 5.53. The molecule has 3 heterocycles. The quantitative estimate of drug-likeness (QED) is 0.599. The Morgan fingerprint density at radius 3 is 2.69 bits per heavy atom. The van der Waals surface area contributed by atoms with E-state index in [2.05, 4.69) is 21.9 Å². The van der Waals surface area contributed by atoms with Gasteiger partial charge in [-0.25, -0.2) is 4.98 Å². The number of aromatic nitrogens is 2. The predicted molar refractivity (Wildman–Crippen MR) is 101 cm³/mol. The van der Waals surface area contributed by atoms with Crippen molar-refractivity contribution in [1.29, 1.82) is 0 Å². The van der Waals surface area contributed by atoms with E-state index < -0.39 is 0 Å². The number of anilines is 1. The summed E-state index contributed by atoms with van der Waals surface area (Å²) in [6.07, 6.45) is 2.02. The molecule has 5 nitrogen and oxygen atoms in total. The van der Waals surface area contributed by atoms with Crippen LogP contribution in [0.25, 0.3) is 16.9 Å². The minimum absolute atomic E-state index is 0.267. The summed E-state index contributed by atoms with van der Waals surface area (Å²) >= 11 is 0. The summed E-state index contributed by atoms with van der Waals surface area (Å²) in [5.41, 5.74) is 4.00. The number of benzene rings is 2. The average Bonchev–Trinajstić information content (AvgIpc) is 3.31. The van der Waals surface area contributed by atoms with Crippen molar-refractivity contribution >= 4 is 11.5 Å². The topological polar surface area (TPSA) is 47.8 Å². The van der Waals surface area contributed by atoms with Crippen LogP contribution in [-0.4, -0.2) is 16.2 Å². The van der Waals surface area contributed by atoms with Crippen LogP contribution < -0.4 is 14.8 Å². The zero-order valence-corrected chi connectivity index (χ0v) is 14.1. The first-order valence-electron chi connectivity index (χ1n) is 8.53. The molecule has 0 saturated heterocycles. The van der Waals surface area contributed by atoms with Gasteiger partial charge in [-0.05, 0) is 35.9 Å². The molecule has 0 fully saturated rings. The van der Waals surface area contributed by atoms with Gasteiger partial charge in [-0.15, -0.1) is 0 Å². The third-order valence-corrected chi connectivity index (χ3v) is 4.48. The van der Waals surface area contributed by atoms with Crippen LogP contribution in [0.5, 0.6) is 11.5 Å². The Bertz CT molecular complexity index is 1070. The van der Waals surface area contributed by atoms with E-state index in [1.165, 1.54) is 5.56 Å². The molecule has 1 aliphatic rings. The van der Waals surface area contributed by atoms with Gasteiger partial charge in [0, 0.05) is 18.3 Å². The lowest BCUT2D eigenvalue weighted by Crippen LogP contribution is -2.03. The maximum Gasteiger partial charge on any atom is 0.231 e. The Balaban J connectivity index is 1.58. The van der Waals surface area contributed by atoms with Gasteiger partial charge < -0.3 is 14.8 Å². The minimum Gasteiger partial charge on any atom is -0.454 e. The Labute approximate surface area is 150 Å². The fraction of sp³-hybridized carbons (Fsp3) is 0.0952. The van der Waals surface area contributed by atoms with Crippen LogP contribution in [0.3, 0.4) is 0 Å². The number of ether oxygens (including phenoxy) is 2. The highest BCUT2D eigenvalue weighted by Crippen LogP contribution is 2.38. The maximum atomic E-state index is 5.53. The Morgan fingerprint density at radius 2 is 1.77 bits per heavy atom. The van der Waals surface area contributed by atoms with Gasteiger partial charge in [0.2, 0.25) is 6.79 Å². The lowest BCUT2D eigenvalue weighted by Gasteiger charge is -2.09. The summed E-state index contributed by atoms with van der Waals surface area (Å²) < 4.78 is 13.0. The molecule has 0 spiro atoms. The van der Waals surface area contributed by atoms with Crippen molar-refractivity contribution in [3.05, 3.63) is 78.5 Å². The molecule has 2 aromatic heterocycles. The molecule has 0 aliphatic carbocycles. The van der Waals surface area contributed by atoms with Crippen LogP contribution in [-0.2, 0) is 6.54 Å². The number of hydrogen-bond acceptors (Lipinski definition) is 4. The smallest absolute Gasteiger partial charge is 0.231 e. The van der Waals surface area contributed by atoms with Crippen molar-refractivity contribution in [3.63, 3.8) is 0 Å². The summed E-state index contributed by atoms with van der Waals surface area (Å²) in [5, 5.41) is 3.55. The lowest BCUT2D eigenvalue weighted by atomic mass is 10.1. The molecule has 5 rings (SSSR count). The van der Waals surface area contributed by atoms with Crippen molar-refractivity contribution in [2.24, 2.45) is 0 Å². The third-order valence-electron chi connectivity index (χ3n) is 4.48. The SMILES string of the molecule is c1ccc(CNc2c(-c3ccc4c(c3)OCO4)nc3ccccn23)cc1. The first-order valence-corrected chi connectivity index (χ1v) is 8.53. The van der Waals surface area contributed by atoms with Gasteiger partial charge in [0.15, 0.2) is 11.5 Å². The molecule has 1 aliphatic heterocycles. The van der Waals surface area contributed by atoms with Gasteiger partial charge in [-0.3, -0.25) is 4.40 Å². The van der Waals surface area contributed by atoms with Crippen molar-refractivity contribution < 1.29 is 9.47 Å². The van der Waals surface area contributed by atoms with E-state index in [0.717, 1.165) is 40.8 Å². The summed E-state index contributed by atoms with van der Waals surface area (Å²) in [7, 11) is 0. The number of nitrogens with one attached hydrogen (secondary N) is 1. The summed E-state index contributed by atoms with van der Waals surface area (Å²) in [5.74, 6) is 2.49. The molecule has 0 radical (unpaired) electrons. The monoisotopic (exact) mass is 343 g/mol. The average molecular weight is 343 g/mol. The lowest BCUT2D eigenvalue weighted by molar-refractivity contribution is 0.174. The van der Waals surface area contributed by atoms with Gasteiger partial charge >= 0.3 is 0 Å². The normalized spacial score (nSPS) is 12.5. The van der Waals surface area contributed by atoms with Gasteiger partial charge in [-0.2, -0.15) is 0 Å². The van der Waals surface area contributed by atoms with Crippen LogP contribution in [0, 0.1) is 0 Å². The summed E-state index contributed by atoms with van der Waals surface area (Å²) in [4.78, 5) is 4.82. The second kappa shape index (κ2) is 6.11. The molecule has 4 aromatic rings. The molecule has 128 valence electrons. The fourth-order valence-electron chi connectivity index (χ4n) is 3.19. The molecule has 0 amide bonds. The molecule has 2 aromatic carbocycles. The van der Waals surface area contributed by atoms with Crippen molar-refractivity contribution in [2.45, 2.75) is 6.54 Å². The van der Waals surface area contributed by atoms with Crippen LogP contribution >= 0.6 is 0 Å². The number of nitrogens with zero attached hydrogens (tertiary/aromatic N) is 2. The molecule has 26 heavy (non-hydrogen) atoms. The number of hydrogen-bond donors (Lipinski definition) is 1. The van der Waals surface area contributed by atoms with Gasteiger partial charge in [0.1, 0.15) is 17.2 Å². The van der Waals surface area contributed by atoms with Gasteiger partial charge in [0.25, 0.3) is 0 Å². The highest BCUT2D eigenvalue weighted by Gasteiger charge is 2.18. The molecule has 0 atom stereocenters. The second-order valence-corrected chi connectivity index (χ2v) is 6.15. The van der Waals surface area contributed by atoms with E-state index in [-0.39, 0.29) is 6.79 Å².